The fraction of sp³-hybridized carbons (Fsp3) is 0.111. The number of carbonyl (C=O) groups excluding carboxylic acids is 1. The Morgan fingerprint density at radius 2 is 2.25 bits per heavy atom. The van der Waals surface area contributed by atoms with Crippen LogP contribution < -0.4 is 4.74 Å². The summed E-state index contributed by atoms with van der Waals surface area (Å²) in [5.41, 5.74) is 0.658. The molecule has 0 saturated carbocycles. The highest BCUT2D eigenvalue weighted by Crippen LogP contribution is 2.23. The quantitative estimate of drug-likeness (QED) is 0.783. The number of benzene rings is 1. The smallest absolute Gasteiger partial charge is 0.399 e. The number of fused-ring (bicyclic) bond motifs is 1. The minimum absolute atomic E-state index is 0.200. The number of hydrogen-bond donors (Lipinski definition) is 0. The summed E-state index contributed by atoms with van der Waals surface area (Å²) in [6, 6.07) is 4.12. The van der Waals surface area contributed by atoms with Crippen LogP contribution in [0.2, 0.25) is 0 Å². The fourth-order valence-electron chi connectivity index (χ4n) is 1.16. The summed E-state index contributed by atoms with van der Waals surface area (Å²) < 4.78 is 32.5. The van der Waals surface area contributed by atoms with E-state index in [0.29, 0.717) is 0 Å². The van der Waals surface area contributed by atoms with E-state index in [9.17, 15) is 13.6 Å². The van der Waals surface area contributed by atoms with Crippen molar-refractivity contribution >= 4 is 27.9 Å². The normalized spacial score (nSPS) is 11.0. The SMILES string of the molecule is O=C(Cl)c1ccc2oc(OC(F)F)nc2c1. The van der Waals surface area contributed by atoms with Crippen LogP contribution in [-0.4, -0.2) is 16.8 Å². The molecule has 0 saturated heterocycles. The van der Waals surface area contributed by atoms with Crippen LogP contribution in [0.3, 0.4) is 0 Å². The van der Waals surface area contributed by atoms with Crippen molar-refractivity contribution in [1.29, 1.82) is 0 Å². The molecule has 4 nitrogen and oxygen atoms in total. The summed E-state index contributed by atoms with van der Waals surface area (Å²) >= 11 is 5.25. The van der Waals surface area contributed by atoms with Crippen LogP contribution in [0.5, 0.6) is 6.08 Å². The van der Waals surface area contributed by atoms with E-state index in [4.69, 9.17) is 16.0 Å². The van der Waals surface area contributed by atoms with E-state index < -0.39 is 17.9 Å². The van der Waals surface area contributed by atoms with Crippen molar-refractivity contribution in [3.8, 4) is 6.08 Å². The van der Waals surface area contributed by atoms with Crippen LogP contribution in [0.25, 0.3) is 11.1 Å². The topological polar surface area (TPSA) is 52.3 Å². The molecule has 0 bridgehead atoms. The molecule has 0 unspecified atom stereocenters. The third kappa shape index (κ3) is 2.11. The number of carbonyl (C=O) groups is 1. The van der Waals surface area contributed by atoms with Gasteiger partial charge in [-0.3, -0.25) is 4.79 Å². The Morgan fingerprint density at radius 1 is 1.50 bits per heavy atom. The van der Waals surface area contributed by atoms with Crippen LogP contribution in [-0.2, 0) is 0 Å². The predicted molar refractivity (Wildman–Crippen MR) is 50.8 cm³/mol. The lowest BCUT2D eigenvalue weighted by Gasteiger charge is -1.94. The third-order valence-electron chi connectivity index (χ3n) is 1.78. The lowest BCUT2D eigenvalue weighted by atomic mass is 10.2. The molecule has 84 valence electrons. The molecule has 0 amide bonds. The van der Waals surface area contributed by atoms with Gasteiger partial charge in [0.15, 0.2) is 5.58 Å². The summed E-state index contributed by atoms with van der Waals surface area (Å²) in [6.07, 6.45) is -0.552. The number of aromatic nitrogens is 1. The maximum absolute atomic E-state index is 11.9. The van der Waals surface area contributed by atoms with Gasteiger partial charge in [-0.05, 0) is 29.8 Å². The van der Waals surface area contributed by atoms with Gasteiger partial charge in [-0.15, -0.1) is 0 Å². The molecule has 2 aromatic rings. The highest BCUT2D eigenvalue weighted by molar-refractivity contribution is 6.67. The summed E-state index contributed by atoms with van der Waals surface area (Å²) in [7, 11) is 0. The molecular weight excluding hydrogens is 244 g/mol. The Labute approximate surface area is 92.8 Å². The molecule has 1 aromatic carbocycles. The number of ether oxygens (including phenoxy) is 1. The first kappa shape index (κ1) is 10.8. The Morgan fingerprint density at radius 3 is 2.88 bits per heavy atom. The molecular formula is C9H4ClF2NO3. The maximum atomic E-state index is 11.9. The molecule has 0 radical (unpaired) electrons. The lowest BCUT2D eigenvalue weighted by Crippen LogP contribution is -2.01. The first-order chi connectivity index (χ1) is 7.56. The zero-order chi connectivity index (χ0) is 11.7. The van der Waals surface area contributed by atoms with Gasteiger partial charge < -0.3 is 9.15 Å². The van der Waals surface area contributed by atoms with Crippen LogP contribution in [0.4, 0.5) is 8.78 Å². The Bertz CT molecular complexity index is 541. The van der Waals surface area contributed by atoms with Crippen molar-refractivity contribution in [3.63, 3.8) is 0 Å². The summed E-state index contributed by atoms with van der Waals surface area (Å²) in [5, 5.41) is -0.666. The molecule has 2 rings (SSSR count). The second-order valence-electron chi connectivity index (χ2n) is 2.81. The first-order valence-corrected chi connectivity index (χ1v) is 4.49. The molecule has 1 heterocycles. The zero-order valence-electron chi connectivity index (χ0n) is 7.62. The monoisotopic (exact) mass is 247 g/mol. The van der Waals surface area contributed by atoms with E-state index in [0.717, 1.165) is 0 Å². The Balaban J connectivity index is 2.42. The largest absolute Gasteiger partial charge is 0.409 e. The minimum Gasteiger partial charge on any atom is -0.409 e. The number of nitrogens with zero attached hydrogens (tertiary/aromatic N) is 1. The summed E-state index contributed by atoms with van der Waals surface area (Å²) in [5.74, 6) is 0. The molecule has 1 aromatic heterocycles. The fourth-order valence-corrected chi connectivity index (χ4v) is 1.27. The molecule has 0 aliphatic rings. The Hall–Kier alpha value is -1.69. The number of hydrogen-bond acceptors (Lipinski definition) is 4. The van der Waals surface area contributed by atoms with E-state index >= 15 is 0 Å². The van der Waals surface area contributed by atoms with Crippen molar-refractivity contribution in [2.24, 2.45) is 0 Å². The average Bonchev–Trinajstić information content (AvgIpc) is 2.56. The number of oxazole rings is 1. The third-order valence-corrected chi connectivity index (χ3v) is 2.00. The number of rotatable bonds is 3. The number of alkyl halides is 2. The molecule has 7 heteroatoms. The van der Waals surface area contributed by atoms with E-state index in [1.165, 1.54) is 18.2 Å². The van der Waals surface area contributed by atoms with Gasteiger partial charge in [0.2, 0.25) is 0 Å². The van der Waals surface area contributed by atoms with Crippen molar-refractivity contribution < 1.29 is 22.7 Å². The van der Waals surface area contributed by atoms with Crippen molar-refractivity contribution in [3.05, 3.63) is 23.8 Å². The molecule has 16 heavy (non-hydrogen) atoms. The first-order valence-electron chi connectivity index (χ1n) is 4.11. The zero-order valence-corrected chi connectivity index (χ0v) is 8.37. The van der Waals surface area contributed by atoms with Gasteiger partial charge in [-0.2, -0.15) is 13.8 Å². The van der Waals surface area contributed by atoms with Gasteiger partial charge in [0.05, 0.1) is 0 Å². The Kier molecular flexibility index (Phi) is 2.74. The van der Waals surface area contributed by atoms with E-state index in [2.05, 4.69) is 9.72 Å². The van der Waals surface area contributed by atoms with Crippen molar-refractivity contribution in [2.45, 2.75) is 6.61 Å². The second kappa shape index (κ2) is 4.05. The van der Waals surface area contributed by atoms with Crippen molar-refractivity contribution in [2.75, 3.05) is 0 Å². The van der Waals surface area contributed by atoms with E-state index in [1.54, 1.807) is 0 Å². The van der Waals surface area contributed by atoms with Crippen LogP contribution >= 0.6 is 11.6 Å². The van der Waals surface area contributed by atoms with Gasteiger partial charge in [0, 0.05) is 5.56 Å². The van der Waals surface area contributed by atoms with Gasteiger partial charge >= 0.3 is 12.7 Å². The molecule has 0 atom stereocenters. The van der Waals surface area contributed by atoms with E-state index in [-0.39, 0.29) is 16.7 Å². The number of halogens is 3. The highest BCUT2D eigenvalue weighted by Gasteiger charge is 2.13. The minimum atomic E-state index is -3.01. The highest BCUT2D eigenvalue weighted by atomic mass is 35.5. The standard InChI is InChI=1S/C9H4ClF2NO3/c10-7(14)4-1-2-6-5(3-4)13-9(15-6)16-8(11)12/h1-3,8H. The van der Waals surface area contributed by atoms with E-state index in [1.807, 2.05) is 0 Å². The molecule has 0 aliphatic carbocycles. The maximum Gasteiger partial charge on any atom is 0.399 e. The predicted octanol–water partition coefficient (Wildman–Crippen LogP) is 2.81. The van der Waals surface area contributed by atoms with Crippen molar-refractivity contribution in [1.82, 2.24) is 4.98 Å². The second-order valence-corrected chi connectivity index (χ2v) is 3.16. The van der Waals surface area contributed by atoms with Gasteiger partial charge in [0.25, 0.3) is 5.24 Å². The van der Waals surface area contributed by atoms with Gasteiger partial charge in [-0.25, -0.2) is 0 Å². The van der Waals surface area contributed by atoms with Gasteiger partial charge in [0.1, 0.15) is 5.52 Å². The van der Waals surface area contributed by atoms with Crippen LogP contribution in [0.1, 0.15) is 10.4 Å². The van der Waals surface area contributed by atoms with Gasteiger partial charge in [-0.1, -0.05) is 0 Å². The van der Waals surface area contributed by atoms with Crippen LogP contribution in [0, 0.1) is 0 Å². The molecule has 0 spiro atoms. The van der Waals surface area contributed by atoms with Crippen LogP contribution in [0.15, 0.2) is 22.6 Å². The summed E-state index contributed by atoms with van der Waals surface area (Å²) in [4.78, 5) is 14.4. The molecule has 0 aliphatic heterocycles. The summed E-state index contributed by atoms with van der Waals surface area (Å²) in [6.45, 7) is -3.01. The molecule has 0 fully saturated rings. The molecule has 0 N–H and O–H groups in total. The lowest BCUT2D eigenvalue weighted by molar-refractivity contribution is -0.0664. The average molecular weight is 248 g/mol.